The van der Waals surface area contributed by atoms with Crippen LogP contribution in [0.1, 0.15) is 15.9 Å². The molecule has 74 valence electrons. The summed E-state index contributed by atoms with van der Waals surface area (Å²) in [7, 11) is 0. The van der Waals surface area contributed by atoms with Crippen LogP contribution in [-0.2, 0) is 6.42 Å². The van der Waals surface area contributed by atoms with Crippen LogP contribution < -0.4 is 4.90 Å². The van der Waals surface area contributed by atoms with Gasteiger partial charge in [-0.05, 0) is 30.2 Å². The first-order valence-corrected chi connectivity index (χ1v) is 4.79. The van der Waals surface area contributed by atoms with E-state index in [9.17, 15) is 4.79 Å². The molecule has 0 unspecified atom stereocenters. The largest absolute Gasteiger partial charge is 0.395 e. The zero-order chi connectivity index (χ0) is 9.97. The highest BCUT2D eigenvalue weighted by Gasteiger charge is 2.18. The SMILES string of the molecule is O=Cc1ccc2c(c1)CCN2CCO. The zero-order valence-corrected chi connectivity index (χ0v) is 7.94. The molecular weight excluding hydrogens is 178 g/mol. The molecule has 1 aliphatic heterocycles. The molecule has 0 atom stereocenters. The van der Waals surface area contributed by atoms with E-state index in [0.717, 1.165) is 30.5 Å². The molecule has 1 aliphatic rings. The Kier molecular flexibility index (Phi) is 2.50. The van der Waals surface area contributed by atoms with Gasteiger partial charge in [0.1, 0.15) is 6.29 Å². The molecule has 0 saturated carbocycles. The van der Waals surface area contributed by atoms with Gasteiger partial charge >= 0.3 is 0 Å². The molecule has 0 bridgehead atoms. The van der Waals surface area contributed by atoms with Gasteiger partial charge < -0.3 is 10.0 Å². The van der Waals surface area contributed by atoms with E-state index in [-0.39, 0.29) is 6.61 Å². The van der Waals surface area contributed by atoms with Crippen molar-refractivity contribution in [1.29, 1.82) is 0 Å². The van der Waals surface area contributed by atoms with E-state index in [1.807, 2.05) is 18.2 Å². The molecule has 0 amide bonds. The maximum absolute atomic E-state index is 10.6. The highest BCUT2D eigenvalue weighted by atomic mass is 16.3. The number of carbonyl (C=O) groups excluding carboxylic acids is 1. The van der Waals surface area contributed by atoms with E-state index in [4.69, 9.17) is 5.11 Å². The second-order valence-electron chi connectivity index (χ2n) is 3.47. The topological polar surface area (TPSA) is 40.5 Å². The lowest BCUT2D eigenvalue weighted by molar-refractivity contribution is 0.112. The number of nitrogens with zero attached hydrogens (tertiary/aromatic N) is 1. The Morgan fingerprint density at radius 3 is 3.07 bits per heavy atom. The van der Waals surface area contributed by atoms with E-state index in [1.165, 1.54) is 5.56 Å². The molecule has 0 aliphatic carbocycles. The van der Waals surface area contributed by atoms with Crippen molar-refractivity contribution in [3.8, 4) is 0 Å². The average Bonchev–Trinajstić information content (AvgIpc) is 2.61. The van der Waals surface area contributed by atoms with Crippen molar-refractivity contribution < 1.29 is 9.90 Å². The smallest absolute Gasteiger partial charge is 0.150 e. The summed E-state index contributed by atoms with van der Waals surface area (Å²) < 4.78 is 0. The quantitative estimate of drug-likeness (QED) is 0.720. The lowest BCUT2D eigenvalue weighted by atomic mass is 10.1. The van der Waals surface area contributed by atoms with Gasteiger partial charge in [0, 0.05) is 24.3 Å². The molecule has 2 rings (SSSR count). The van der Waals surface area contributed by atoms with E-state index in [0.29, 0.717) is 6.54 Å². The van der Waals surface area contributed by atoms with Crippen molar-refractivity contribution >= 4 is 12.0 Å². The third kappa shape index (κ3) is 1.51. The molecule has 1 N–H and O–H groups in total. The fraction of sp³-hybridized carbons (Fsp3) is 0.364. The number of aliphatic hydroxyl groups excluding tert-OH is 1. The number of fused-ring (bicyclic) bond motifs is 1. The maximum atomic E-state index is 10.6. The molecule has 0 radical (unpaired) electrons. The van der Waals surface area contributed by atoms with Gasteiger partial charge in [0.2, 0.25) is 0 Å². The van der Waals surface area contributed by atoms with Crippen LogP contribution in [0.25, 0.3) is 0 Å². The number of anilines is 1. The van der Waals surface area contributed by atoms with Gasteiger partial charge in [-0.15, -0.1) is 0 Å². The van der Waals surface area contributed by atoms with Crippen molar-refractivity contribution in [2.45, 2.75) is 6.42 Å². The van der Waals surface area contributed by atoms with Gasteiger partial charge in [0.15, 0.2) is 0 Å². The van der Waals surface area contributed by atoms with Crippen LogP contribution in [-0.4, -0.2) is 31.1 Å². The minimum Gasteiger partial charge on any atom is -0.395 e. The summed E-state index contributed by atoms with van der Waals surface area (Å²) in [4.78, 5) is 12.7. The van der Waals surface area contributed by atoms with Gasteiger partial charge in [-0.25, -0.2) is 0 Å². The van der Waals surface area contributed by atoms with Crippen molar-refractivity contribution in [2.75, 3.05) is 24.6 Å². The summed E-state index contributed by atoms with van der Waals surface area (Å²) in [6.45, 7) is 1.79. The van der Waals surface area contributed by atoms with Crippen LogP contribution in [0.3, 0.4) is 0 Å². The van der Waals surface area contributed by atoms with Crippen molar-refractivity contribution in [3.63, 3.8) is 0 Å². The van der Waals surface area contributed by atoms with E-state index in [1.54, 1.807) is 0 Å². The van der Waals surface area contributed by atoms with Gasteiger partial charge in [-0.1, -0.05) is 0 Å². The molecule has 0 saturated heterocycles. The van der Waals surface area contributed by atoms with Crippen molar-refractivity contribution in [1.82, 2.24) is 0 Å². The summed E-state index contributed by atoms with van der Waals surface area (Å²) in [6.07, 6.45) is 1.84. The van der Waals surface area contributed by atoms with E-state index >= 15 is 0 Å². The zero-order valence-electron chi connectivity index (χ0n) is 7.94. The van der Waals surface area contributed by atoms with Gasteiger partial charge in [0.05, 0.1) is 6.61 Å². The van der Waals surface area contributed by atoms with Crippen LogP contribution >= 0.6 is 0 Å². The Hall–Kier alpha value is -1.35. The number of aliphatic hydroxyl groups is 1. The summed E-state index contributed by atoms with van der Waals surface area (Å²) in [6, 6.07) is 5.71. The van der Waals surface area contributed by atoms with Crippen molar-refractivity contribution in [2.24, 2.45) is 0 Å². The van der Waals surface area contributed by atoms with Gasteiger partial charge in [-0.3, -0.25) is 4.79 Å². The normalized spacial score (nSPS) is 14.2. The molecule has 0 aromatic heterocycles. The molecule has 3 nitrogen and oxygen atoms in total. The Bertz CT molecular complexity index is 349. The summed E-state index contributed by atoms with van der Waals surface area (Å²) >= 11 is 0. The maximum Gasteiger partial charge on any atom is 0.150 e. The number of hydrogen-bond donors (Lipinski definition) is 1. The molecule has 1 aromatic carbocycles. The summed E-state index contributed by atoms with van der Waals surface area (Å²) in [5.41, 5.74) is 3.10. The third-order valence-corrected chi connectivity index (χ3v) is 2.60. The standard InChI is InChI=1S/C11H13NO2/c13-6-5-12-4-3-10-7-9(8-14)1-2-11(10)12/h1-2,7-8,13H,3-6H2. The first-order chi connectivity index (χ1) is 6.85. The number of rotatable bonds is 3. The van der Waals surface area contributed by atoms with Crippen LogP contribution in [0.5, 0.6) is 0 Å². The molecule has 1 heterocycles. The molecule has 3 heteroatoms. The Balaban J connectivity index is 2.28. The number of benzene rings is 1. The second kappa shape index (κ2) is 3.80. The van der Waals surface area contributed by atoms with Crippen LogP contribution in [0.2, 0.25) is 0 Å². The monoisotopic (exact) mass is 191 g/mol. The second-order valence-corrected chi connectivity index (χ2v) is 3.47. The molecule has 0 fully saturated rings. The lowest BCUT2D eigenvalue weighted by Crippen LogP contribution is -2.23. The lowest BCUT2D eigenvalue weighted by Gasteiger charge is -2.17. The van der Waals surface area contributed by atoms with Crippen molar-refractivity contribution in [3.05, 3.63) is 29.3 Å². The highest BCUT2D eigenvalue weighted by molar-refractivity contribution is 5.77. The highest BCUT2D eigenvalue weighted by Crippen LogP contribution is 2.27. The number of hydrogen-bond acceptors (Lipinski definition) is 3. The van der Waals surface area contributed by atoms with E-state index in [2.05, 4.69) is 4.90 Å². The number of aldehydes is 1. The van der Waals surface area contributed by atoms with E-state index < -0.39 is 0 Å². The molecular formula is C11H13NO2. The minimum atomic E-state index is 0.175. The fourth-order valence-corrected chi connectivity index (χ4v) is 1.92. The van der Waals surface area contributed by atoms with Crippen LogP contribution in [0, 0.1) is 0 Å². The predicted molar refractivity (Wildman–Crippen MR) is 54.8 cm³/mol. The van der Waals surface area contributed by atoms with Crippen LogP contribution in [0.4, 0.5) is 5.69 Å². The fourth-order valence-electron chi connectivity index (χ4n) is 1.92. The Morgan fingerprint density at radius 2 is 2.36 bits per heavy atom. The number of β-amino-alcohol motifs (C(OH)–C–C–N with tert-alkyl or cyclic N) is 1. The molecule has 14 heavy (non-hydrogen) atoms. The molecule has 0 spiro atoms. The Morgan fingerprint density at radius 1 is 1.50 bits per heavy atom. The first kappa shape index (κ1) is 9.21. The summed E-state index contributed by atoms with van der Waals surface area (Å²) in [5, 5.41) is 8.86. The predicted octanol–water partition coefficient (Wildman–Crippen LogP) is 0.854. The van der Waals surface area contributed by atoms with Gasteiger partial charge in [-0.2, -0.15) is 0 Å². The summed E-state index contributed by atoms with van der Waals surface area (Å²) in [5.74, 6) is 0. The average molecular weight is 191 g/mol. The molecule has 1 aromatic rings. The van der Waals surface area contributed by atoms with Crippen LogP contribution in [0.15, 0.2) is 18.2 Å². The third-order valence-electron chi connectivity index (χ3n) is 2.60. The van der Waals surface area contributed by atoms with Gasteiger partial charge in [0.25, 0.3) is 0 Å². The Labute approximate surface area is 83.0 Å². The first-order valence-electron chi connectivity index (χ1n) is 4.79. The minimum absolute atomic E-state index is 0.175. The number of carbonyl (C=O) groups is 1.